The Morgan fingerprint density at radius 1 is 0.707 bits per heavy atom. The van der Waals surface area contributed by atoms with Crippen LogP contribution in [0.5, 0.6) is 0 Å². The van der Waals surface area contributed by atoms with Crippen molar-refractivity contribution < 1.29 is 33.8 Å². The first-order chi connectivity index (χ1) is 18.8. The van der Waals surface area contributed by atoms with Gasteiger partial charge >= 0.3 is 17.9 Å². The molecule has 0 unspecified atom stereocenters. The van der Waals surface area contributed by atoms with Crippen molar-refractivity contribution in [3.05, 3.63) is 0 Å². The molecule has 2 rings (SSSR count). The molecule has 240 valence electrons. The number of nitrogens with one attached hydrogen (secondary N) is 1. The third-order valence-electron chi connectivity index (χ3n) is 6.25. The van der Waals surface area contributed by atoms with E-state index in [0.717, 1.165) is 32.4 Å². The topological polar surface area (TPSA) is 122 Å². The molecular formula is C32H60N2O7. The SMILES string of the molecule is C1CCNC1.CC(C)C[C@H](CC(=O)OC(C)(C)C)C(=O)N1CCCC1.CC(C)C[C@H](CC(=O)OC(C)(C)C)C(=O)O. The lowest BCUT2D eigenvalue weighted by molar-refractivity contribution is -0.160. The first kappa shape index (κ1) is 38.8. The van der Waals surface area contributed by atoms with Crippen LogP contribution in [-0.4, -0.2) is 71.2 Å². The zero-order valence-electron chi connectivity index (χ0n) is 27.6. The van der Waals surface area contributed by atoms with Crippen molar-refractivity contribution in [2.45, 2.75) is 132 Å². The van der Waals surface area contributed by atoms with Crippen LogP contribution in [0.4, 0.5) is 0 Å². The second-order valence-electron chi connectivity index (χ2n) is 14.1. The Morgan fingerprint density at radius 3 is 1.41 bits per heavy atom. The van der Waals surface area contributed by atoms with Gasteiger partial charge in [0.05, 0.1) is 18.8 Å². The number of esters is 2. The Bertz CT molecular complexity index is 779. The zero-order valence-corrected chi connectivity index (χ0v) is 27.6. The van der Waals surface area contributed by atoms with Gasteiger partial charge in [-0.15, -0.1) is 0 Å². The Kier molecular flexibility index (Phi) is 18.1. The summed E-state index contributed by atoms with van der Waals surface area (Å²) in [5, 5.41) is 12.2. The van der Waals surface area contributed by atoms with E-state index in [1.165, 1.54) is 25.9 Å². The summed E-state index contributed by atoms with van der Waals surface area (Å²) in [5.74, 6) is -1.74. The molecule has 0 bridgehead atoms. The van der Waals surface area contributed by atoms with Crippen LogP contribution in [-0.2, 0) is 28.7 Å². The lowest BCUT2D eigenvalue weighted by Gasteiger charge is -2.26. The molecule has 0 radical (unpaired) electrons. The lowest BCUT2D eigenvalue weighted by atomic mass is 9.92. The van der Waals surface area contributed by atoms with E-state index in [1.54, 1.807) is 20.8 Å². The predicted molar refractivity (Wildman–Crippen MR) is 162 cm³/mol. The number of amides is 1. The second kappa shape index (κ2) is 19.1. The van der Waals surface area contributed by atoms with Crippen molar-refractivity contribution in [3.63, 3.8) is 0 Å². The molecule has 0 aromatic heterocycles. The average molecular weight is 585 g/mol. The molecule has 0 spiro atoms. The highest BCUT2D eigenvalue weighted by Gasteiger charge is 2.30. The van der Waals surface area contributed by atoms with E-state index in [0.29, 0.717) is 12.3 Å². The number of carboxylic acid groups (broad SMARTS) is 1. The quantitative estimate of drug-likeness (QED) is 0.307. The summed E-state index contributed by atoms with van der Waals surface area (Å²) in [7, 11) is 0. The van der Waals surface area contributed by atoms with Gasteiger partial charge in [0.25, 0.3) is 0 Å². The highest BCUT2D eigenvalue weighted by molar-refractivity contribution is 5.84. The van der Waals surface area contributed by atoms with Crippen molar-refractivity contribution in [2.24, 2.45) is 23.7 Å². The van der Waals surface area contributed by atoms with E-state index in [4.69, 9.17) is 14.6 Å². The lowest BCUT2D eigenvalue weighted by Crippen LogP contribution is -2.36. The molecule has 2 aliphatic rings. The Morgan fingerprint density at radius 2 is 1.10 bits per heavy atom. The number of ether oxygens (including phenoxy) is 2. The maximum Gasteiger partial charge on any atom is 0.307 e. The number of hydrogen-bond donors (Lipinski definition) is 2. The van der Waals surface area contributed by atoms with Crippen LogP contribution < -0.4 is 5.32 Å². The first-order valence-corrected chi connectivity index (χ1v) is 15.5. The van der Waals surface area contributed by atoms with Gasteiger partial charge in [0.15, 0.2) is 0 Å². The van der Waals surface area contributed by atoms with Gasteiger partial charge in [-0.1, -0.05) is 27.7 Å². The van der Waals surface area contributed by atoms with Crippen LogP contribution >= 0.6 is 0 Å². The fraction of sp³-hybridized carbons (Fsp3) is 0.875. The van der Waals surface area contributed by atoms with Gasteiger partial charge in [0.2, 0.25) is 5.91 Å². The number of likely N-dealkylation sites (tertiary alicyclic amines) is 1. The fourth-order valence-corrected chi connectivity index (χ4v) is 4.67. The highest BCUT2D eigenvalue weighted by Crippen LogP contribution is 2.23. The largest absolute Gasteiger partial charge is 0.481 e. The molecule has 0 saturated carbocycles. The number of carbonyl (C=O) groups is 4. The van der Waals surface area contributed by atoms with E-state index >= 15 is 0 Å². The Labute approximate surface area is 249 Å². The first-order valence-electron chi connectivity index (χ1n) is 15.5. The third kappa shape index (κ3) is 21.2. The number of hydrogen-bond acceptors (Lipinski definition) is 7. The molecule has 2 fully saturated rings. The number of carbonyl (C=O) groups excluding carboxylic acids is 3. The molecule has 9 heteroatoms. The van der Waals surface area contributed by atoms with Crippen LogP contribution in [0, 0.1) is 23.7 Å². The number of carboxylic acids is 1. The van der Waals surface area contributed by atoms with E-state index in [2.05, 4.69) is 19.2 Å². The minimum atomic E-state index is -0.931. The molecule has 2 saturated heterocycles. The maximum absolute atomic E-state index is 12.5. The van der Waals surface area contributed by atoms with Crippen molar-refractivity contribution in [1.29, 1.82) is 0 Å². The maximum atomic E-state index is 12.5. The summed E-state index contributed by atoms with van der Waals surface area (Å²) in [6, 6.07) is 0. The predicted octanol–water partition coefficient (Wildman–Crippen LogP) is 5.84. The van der Waals surface area contributed by atoms with Gasteiger partial charge in [-0.05, 0) is 105 Å². The Balaban J connectivity index is 0.000000677. The molecule has 9 nitrogen and oxygen atoms in total. The van der Waals surface area contributed by atoms with Crippen molar-refractivity contribution in [1.82, 2.24) is 10.2 Å². The molecule has 1 amide bonds. The molecule has 2 N–H and O–H groups in total. The van der Waals surface area contributed by atoms with Crippen LogP contribution in [0.2, 0.25) is 0 Å². The average Bonchev–Trinajstić information content (AvgIpc) is 3.52. The third-order valence-corrected chi connectivity index (χ3v) is 6.25. The Hall–Kier alpha value is -2.16. The van der Waals surface area contributed by atoms with Crippen LogP contribution in [0.25, 0.3) is 0 Å². The molecular weight excluding hydrogens is 524 g/mol. The summed E-state index contributed by atoms with van der Waals surface area (Å²) >= 11 is 0. The van der Waals surface area contributed by atoms with E-state index in [1.807, 2.05) is 39.5 Å². The van der Waals surface area contributed by atoms with Gasteiger partial charge in [-0.25, -0.2) is 0 Å². The van der Waals surface area contributed by atoms with Crippen molar-refractivity contribution >= 4 is 23.8 Å². The summed E-state index contributed by atoms with van der Waals surface area (Å²) in [5.41, 5.74) is -1.05. The van der Waals surface area contributed by atoms with Gasteiger partial charge in [-0.2, -0.15) is 0 Å². The summed E-state index contributed by atoms with van der Waals surface area (Å²) < 4.78 is 10.5. The van der Waals surface area contributed by atoms with Gasteiger partial charge in [0, 0.05) is 19.0 Å². The van der Waals surface area contributed by atoms with Crippen LogP contribution in [0.1, 0.15) is 121 Å². The smallest absolute Gasteiger partial charge is 0.307 e. The molecule has 0 aromatic rings. The zero-order chi connectivity index (χ0) is 31.8. The standard InChI is InChI=1S/C16H29NO3.C12H22O4.C4H9N/c1-12(2)10-13(11-14(18)20-16(3,4)5)15(19)17-8-6-7-9-17;1-8(2)6-9(11(14)15)7-10(13)16-12(3,4)5;1-2-4-5-3-1/h12-13H,6-11H2,1-5H3;8-9H,6-7H2,1-5H3,(H,14,15);5H,1-4H2/t13-;9-;/m11./s1. The second-order valence-corrected chi connectivity index (χ2v) is 14.1. The van der Waals surface area contributed by atoms with E-state index < -0.39 is 29.1 Å². The van der Waals surface area contributed by atoms with Crippen LogP contribution in [0.15, 0.2) is 0 Å². The van der Waals surface area contributed by atoms with Crippen molar-refractivity contribution in [3.8, 4) is 0 Å². The molecule has 0 aromatic carbocycles. The molecule has 0 aliphatic carbocycles. The monoisotopic (exact) mass is 584 g/mol. The minimum Gasteiger partial charge on any atom is -0.481 e. The van der Waals surface area contributed by atoms with Gasteiger partial charge in [-0.3, -0.25) is 19.2 Å². The summed E-state index contributed by atoms with van der Waals surface area (Å²) in [6.45, 7) is 23.1. The fourth-order valence-electron chi connectivity index (χ4n) is 4.67. The van der Waals surface area contributed by atoms with Crippen LogP contribution in [0.3, 0.4) is 0 Å². The number of aliphatic carboxylic acids is 1. The highest BCUT2D eigenvalue weighted by atomic mass is 16.6. The van der Waals surface area contributed by atoms with Gasteiger partial charge < -0.3 is 24.8 Å². The van der Waals surface area contributed by atoms with E-state index in [9.17, 15) is 19.2 Å². The minimum absolute atomic E-state index is 0.0508. The summed E-state index contributed by atoms with van der Waals surface area (Å²) in [6.07, 6.45) is 6.32. The van der Waals surface area contributed by atoms with Crippen molar-refractivity contribution in [2.75, 3.05) is 26.2 Å². The molecule has 2 heterocycles. The van der Waals surface area contributed by atoms with E-state index in [-0.39, 0.29) is 36.6 Å². The number of rotatable bonds is 10. The molecule has 2 aliphatic heterocycles. The van der Waals surface area contributed by atoms with Gasteiger partial charge in [0.1, 0.15) is 11.2 Å². The number of nitrogens with zero attached hydrogens (tertiary/aromatic N) is 1. The molecule has 41 heavy (non-hydrogen) atoms. The molecule has 2 atom stereocenters. The normalized spacial score (nSPS) is 16.7. The summed E-state index contributed by atoms with van der Waals surface area (Å²) in [4.78, 5) is 48.8.